The van der Waals surface area contributed by atoms with Crippen molar-refractivity contribution in [1.29, 1.82) is 0 Å². The molecule has 76 valence electrons. The van der Waals surface area contributed by atoms with Gasteiger partial charge in [0.25, 0.3) is 0 Å². The Labute approximate surface area is 90.6 Å². The molecule has 0 aliphatic rings. The van der Waals surface area contributed by atoms with E-state index in [1.807, 2.05) is 12.1 Å². The van der Waals surface area contributed by atoms with Crippen molar-refractivity contribution >= 4 is 5.69 Å². The van der Waals surface area contributed by atoms with E-state index < -0.39 is 0 Å². The Kier molecular flexibility index (Phi) is 2.46. The van der Waals surface area contributed by atoms with E-state index in [2.05, 4.69) is 44.2 Å². The molecule has 2 rings (SSSR count). The molecule has 0 bridgehead atoms. The van der Waals surface area contributed by atoms with E-state index in [4.69, 9.17) is 5.73 Å². The summed E-state index contributed by atoms with van der Waals surface area (Å²) in [5.74, 6) is 0. The van der Waals surface area contributed by atoms with Gasteiger partial charge in [0.05, 0.1) is 0 Å². The molecule has 0 saturated carbocycles. The monoisotopic (exact) mass is 197 g/mol. The van der Waals surface area contributed by atoms with Gasteiger partial charge in [0.15, 0.2) is 0 Å². The lowest BCUT2D eigenvalue weighted by atomic mass is 9.97. The van der Waals surface area contributed by atoms with Crippen LogP contribution in [-0.4, -0.2) is 0 Å². The Balaban J connectivity index is 2.63. The van der Waals surface area contributed by atoms with Gasteiger partial charge in [-0.15, -0.1) is 0 Å². The highest BCUT2D eigenvalue weighted by Crippen LogP contribution is 2.29. The smallest absolute Gasteiger partial charge is 0.0396 e. The predicted octanol–water partition coefficient (Wildman–Crippen LogP) is 3.55. The maximum Gasteiger partial charge on any atom is 0.0396 e. The van der Waals surface area contributed by atoms with Crippen molar-refractivity contribution in [2.75, 3.05) is 5.73 Å². The van der Waals surface area contributed by atoms with E-state index in [0.717, 1.165) is 11.3 Å². The third-order valence-electron chi connectivity index (χ3n) is 2.61. The zero-order chi connectivity index (χ0) is 10.8. The van der Waals surface area contributed by atoms with Crippen LogP contribution in [0.25, 0.3) is 11.1 Å². The minimum Gasteiger partial charge on any atom is -0.398 e. The molecule has 0 saturated heterocycles. The summed E-state index contributed by atoms with van der Waals surface area (Å²) in [6, 6.07) is 14.5. The SMILES string of the molecule is Cc1cccc(-c2c(C)cccc2N)c1. The Bertz CT molecular complexity index is 466. The number of anilines is 1. The minimum absolute atomic E-state index is 0.848. The number of nitrogen functional groups attached to an aromatic ring is 1. The topological polar surface area (TPSA) is 26.0 Å². The van der Waals surface area contributed by atoms with Gasteiger partial charge in [-0.1, -0.05) is 42.0 Å². The number of benzene rings is 2. The lowest BCUT2D eigenvalue weighted by Gasteiger charge is -2.09. The van der Waals surface area contributed by atoms with Crippen molar-refractivity contribution < 1.29 is 0 Å². The van der Waals surface area contributed by atoms with Crippen LogP contribution in [0.5, 0.6) is 0 Å². The van der Waals surface area contributed by atoms with Gasteiger partial charge in [-0.05, 0) is 31.0 Å². The van der Waals surface area contributed by atoms with Gasteiger partial charge in [-0.25, -0.2) is 0 Å². The fourth-order valence-corrected chi connectivity index (χ4v) is 1.89. The Morgan fingerprint density at radius 2 is 1.67 bits per heavy atom. The van der Waals surface area contributed by atoms with Gasteiger partial charge >= 0.3 is 0 Å². The van der Waals surface area contributed by atoms with Crippen LogP contribution < -0.4 is 5.73 Å². The van der Waals surface area contributed by atoms with Crippen molar-refractivity contribution in [2.24, 2.45) is 0 Å². The summed E-state index contributed by atoms with van der Waals surface area (Å²) in [5, 5.41) is 0. The van der Waals surface area contributed by atoms with Crippen molar-refractivity contribution in [1.82, 2.24) is 0 Å². The molecule has 2 aromatic rings. The number of rotatable bonds is 1. The number of hydrogen-bond acceptors (Lipinski definition) is 1. The van der Waals surface area contributed by atoms with Crippen molar-refractivity contribution in [3.05, 3.63) is 53.6 Å². The van der Waals surface area contributed by atoms with Crippen LogP contribution in [0.3, 0.4) is 0 Å². The molecule has 1 heteroatoms. The Morgan fingerprint density at radius 3 is 2.33 bits per heavy atom. The molecule has 0 fully saturated rings. The normalized spacial score (nSPS) is 10.3. The highest BCUT2D eigenvalue weighted by atomic mass is 14.6. The van der Waals surface area contributed by atoms with Crippen molar-refractivity contribution in [3.63, 3.8) is 0 Å². The van der Waals surface area contributed by atoms with Gasteiger partial charge in [-0.2, -0.15) is 0 Å². The van der Waals surface area contributed by atoms with Crippen LogP contribution in [-0.2, 0) is 0 Å². The number of aryl methyl sites for hydroxylation is 2. The standard InChI is InChI=1S/C14H15N/c1-10-5-3-7-12(9-10)14-11(2)6-4-8-13(14)15/h3-9H,15H2,1-2H3. The Hall–Kier alpha value is -1.76. The van der Waals surface area contributed by atoms with Gasteiger partial charge in [0.1, 0.15) is 0 Å². The summed E-state index contributed by atoms with van der Waals surface area (Å²) in [5.41, 5.74) is 11.7. The van der Waals surface area contributed by atoms with E-state index >= 15 is 0 Å². The molecule has 0 aliphatic heterocycles. The second kappa shape index (κ2) is 3.77. The molecule has 1 nitrogen and oxygen atoms in total. The van der Waals surface area contributed by atoms with Gasteiger partial charge in [0.2, 0.25) is 0 Å². The van der Waals surface area contributed by atoms with Crippen LogP contribution in [0.15, 0.2) is 42.5 Å². The zero-order valence-electron chi connectivity index (χ0n) is 9.12. The highest BCUT2D eigenvalue weighted by Gasteiger charge is 2.05. The fraction of sp³-hybridized carbons (Fsp3) is 0.143. The maximum atomic E-state index is 6.00. The molecule has 2 aromatic carbocycles. The van der Waals surface area contributed by atoms with Gasteiger partial charge < -0.3 is 5.73 Å². The van der Waals surface area contributed by atoms with Crippen molar-refractivity contribution in [2.45, 2.75) is 13.8 Å². The highest BCUT2D eigenvalue weighted by molar-refractivity contribution is 5.79. The molecule has 0 radical (unpaired) electrons. The van der Waals surface area contributed by atoms with E-state index in [0.29, 0.717) is 0 Å². The molecule has 0 amide bonds. The van der Waals surface area contributed by atoms with E-state index in [-0.39, 0.29) is 0 Å². The van der Waals surface area contributed by atoms with Gasteiger partial charge in [0, 0.05) is 11.3 Å². The van der Waals surface area contributed by atoms with Crippen LogP contribution in [0.1, 0.15) is 11.1 Å². The molecule has 0 heterocycles. The summed E-state index contributed by atoms with van der Waals surface area (Å²) < 4.78 is 0. The third-order valence-corrected chi connectivity index (χ3v) is 2.61. The average molecular weight is 197 g/mol. The minimum atomic E-state index is 0.848. The molecule has 0 aromatic heterocycles. The zero-order valence-corrected chi connectivity index (χ0v) is 9.12. The van der Waals surface area contributed by atoms with E-state index in [1.165, 1.54) is 16.7 Å². The summed E-state index contributed by atoms with van der Waals surface area (Å²) in [6.45, 7) is 4.19. The first-order valence-corrected chi connectivity index (χ1v) is 5.10. The molecular formula is C14H15N. The van der Waals surface area contributed by atoms with Crippen molar-refractivity contribution in [3.8, 4) is 11.1 Å². The largest absolute Gasteiger partial charge is 0.398 e. The molecule has 15 heavy (non-hydrogen) atoms. The quantitative estimate of drug-likeness (QED) is 0.695. The third kappa shape index (κ3) is 1.86. The molecular weight excluding hydrogens is 182 g/mol. The maximum absolute atomic E-state index is 6.00. The average Bonchev–Trinajstić information content (AvgIpc) is 2.17. The second-order valence-electron chi connectivity index (χ2n) is 3.91. The Morgan fingerprint density at radius 1 is 0.933 bits per heavy atom. The van der Waals surface area contributed by atoms with Crippen LogP contribution >= 0.6 is 0 Å². The summed E-state index contributed by atoms with van der Waals surface area (Å²) in [4.78, 5) is 0. The first-order valence-electron chi connectivity index (χ1n) is 5.10. The molecule has 0 atom stereocenters. The summed E-state index contributed by atoms with van der Waals surface area (Å²) in [7, 11) is 0. The molecule has 0 aliphatic carbocycles. The molecule has 0 spiro atoms. The second-order valence-corrected chi connectivity index (χ2v) is 3.91. The van der Waals surface area contributed by atoms with Gasteiger partial charge in [-0.3, -0.25) is 0 Å². The molecule has 2 N–H and O–H groups in total. The lowest BCUT2D eigenvalue weighted by Crippen LogP contribution is -1.92. The van der Waals surface area contributed by atoms with Crippen LogP contribution in [0.2, 0.25) is 0 Å². The first kappa shape index (κ1) is 9.78. The van der Waals surface area contributed by atoms with Crippen LogP contribution in [0, 0.1) is 13.8 Å². The fourth-order valence-electron chi connectivity index (χ4n) is 1.89. The molecule has 0 unspecified atom stereocenters. The number of nitrogens with two attached hydrogens (primary N) is 1. The number of hydrogen-bond donors (Lipinski definition) is 1. The van der Waals surface area contributed by atoms with E-state index in [9.17, 15) is 0 Å². The predicted molar refractivity (Wildman–Crippen MR) is 65.8 cm³/mol. The first-order chi connectivity index (χ1) is 7.18. The summed E-state index contributed by atoms with van der Waals surface area (Å²) >= 11 is 0. The van der Waals surface area contributed by atoms with E-state index in [1.54, 1.807) is 0 Å². The summed E-state index contributed by atoms with van der Waals surface area (Å²) in [6.07, 6.45) is 0. The lowest BCUT2D eigenvalue weighted by molar-refractivity contribution is 1.43. The van der Waals surface area contributed by atoms with Crippen LogP contribution in [0.4, 0.5) is 5.69 Å².